The Hall–Kier alpha value is -2.81. The molecule has 5 rings (SSSR count). The maximum Gasteiger partial charge on any atom is 0.133 e. The number of rotatable bonds is 4. The predicted molar refractivity (Wildman–Crippen MR) is 111 cm³/mol. The van der Waals surface area contributed by atoms with Crippen LogP contribution in [0.5, 0.6) is 0 Å². The molecule has 1 fully saturated rings. The number of nitrogen functional groups attached to an aromatic ring is 1. The van der Waals surface area contributed by atoms with E-state index in [0.29, 0.717) is 5.82 Å². The van der Waals surface area contributed by atoms with Crippen molar-refractivity contribution in [1.82, 2.24) is 25.1 Å². The summed E-state index contributed by atoms with van der Waals surface area (Å²) < 4.78 is 3.09. The van der Waals surface area contributed by atoms with Gasteiger partial charge >= 0.3 is 0 Å². The van der Waals surface area contributed by atoms with E-state index in [1.165, 1.54) is 0 Å². The van der Waals surface area contributed by atoms with E-state index < -0.39 is 0 Å². The first-order valence-corrected chi connectivity index (χ1v) is 10.0. The number of pyridine rings is 1. The van der Waals surface area contributed by atoms with Crippen LogP contribution in [0, 0.1) is 0 Å². The van der Waals surface area contributed by atoms with Crippen LogP contribution in [-0.4, -0.2) is 44.0 Å². The van der Waals surface area contributed by atoms with Crippen LogP contribution >= 0.6 is 11.3 Å². The van der Waals surface area contributed by atoms with Gasteiger partial charge in [0.05, 0.1) is 34.6 Å². The van der Waals surface area contributed by atoms with E-state index in [-0.39, 0.29) is 18.7 Å². The number of para-hydroxylation sites is 1. The van der Waals surface area contributed by atoms with Crippen LogP contribution in [0.15, 0.2) is 48.9 Å². The molecule has 4 heterocycles. The first kappa shape index (κ1) is 17.3. The molecule has 0 spiro atoms. The van der Waals surface area contributed by atoms with Crippen LogP contribution in [0.25, 0.3) is 31.9 Å². The fourth-order valence-corrected chi connectivity index (χ4v) is 4.61. The first-order valence-electron chi connectivity index (χ1n) is 9.21. The molecule has 0 radical (unpaired) electrons. The zero-order valence-electron chi connectivity index (χ0n) is 15.1. The molecule has 4 aromatic rings. The van der Waals surface area contributed by atoms with Gasteiger partial charge in [0.15, 0.2) is 0 Å². The molecule has 28 heavy (non-hydrogen) atoms. The molecule has 0 amide bonds. The summed E-state index contributed by atoms with van der Waals surface area (Å²) in [5.41, 5.74) is 9.91. The second-order valence-corrected chi connectivity index (χ2v) is 8.06. The van der Waals surface area contributed by atoms with Crippen molar-refractivity contribution < 1.29 is 5.11 Å². The Balaban J connectivity index is 1.48. The quantitative estimate of drug-likeness (QED) is 0.494. The van der Waals surface area contributed by atoms with Crippen molar-refractivity contribution in [1.29, 1.82) is 0 Å². The Bertz CT molecular complexity index is 1100. The lowest BCUT2D eigenvalue weighted by atomic mass is 10.1. The summed E-state index contributed by atoms with van der Waals surface area (Å²) in [6, 6.07) is 10.5. The zero-order chi connectivity index (χ0) is 19.1. The number of thiazole rings is 1. The number of aliphatic hydroxyl groups excluding tert-OH is 1. The number of hydrogen-bond donors (Lipinski definition) is 3. The SMILES string of the molecule is Nc1ncc(-c2cnn([C@@H]3CNC(CO)C3)c2)cc1-c1nc2ccccc2s1. The highest BCUT2D eigenvalue weighted by Gasteiger charge is 2.25. The van der Waals surface area contributed by atoms with Crippen molar-refractivity contribution in [2.75, 3.05) is 18.9 Å². The normalized spacial score (nSPS) is 19.5. The summed E-state index contributed by atoms with van der Waals surface area (Å²) in [6.07, 6.45) is 6.52. The lowest BCUT2D eigenvalue weighted by Gasteiger charge is -2.09. The standard InChI is InChI=1S/C20H20N6OS/c21-19-16(20-25-17-3-1-2-4-18(17)28-20)5-12(7-23-19)13-8-24-26(10-13)15-6-14(11-27)22-9-15/h1-5,7-8,10,14-15,22,27H,6,9,11H2,(H2,21,23)/t14?,15-/m0/s1. The van der Waals surface area contributed by atoms with E-state index in [1.54, 1.807) is 17.5 Å². The minimum atomic E-state index is 0.140. The average Bonchev–Trinajstić information content (AvgIpc) is 3.46. The van der Waals surface area contributed by atoms with Gasteiger partial charge in [-0.1, -0.05) is 12.1 Å². The third-order valence-electron chi connectivity index (χ3n) is 5.17. The van der Waals surface area contributed by atoms with Gasteiger partial charge < -0.3 is 16.2 Å². The fourth-order valence-electron chi connectivity index (χ4n) is 3.62. The molecule has 3 aromatic heterocycles. The fraction of sp³-hybridized carbons (Fsp3) is 0.250. The summed E-state index contributed by atoms with van der Waals surface area (Å²) >= 11 is 1.61. The van der Waals surface area contributed by atoms with Gasteiger partial charge in [0.25, 0.3) is 0 Å². The maximum atomic E-state index is 9.31. The summed E-state index contributed by atoms with van der Waals surface area (Å²) in [5.74, 6) is 0.473. The highest BCUT2D eigenvalue weighted by Crippen LogP contribution is 2.35. The summed E-state index contributed by atoms with van der Waals surface area (Å²) in [6.45, 7) is 0.960. The van der Waals surface area contributed by atoms with Crippen molar-refractivity contribution in [3.63, 3.8) is 0 Å². The molecule has 1 aliphatic heterocycles. The van der Waals surface area contributed by atoms with Gasteiger partial charge in [-0.15, -0.1) is 11.3 Å². The van der Waals surface area contributed by atoms with Crippen LogP contribution in [0.3, 0.4) is 0 Å². The highest BCUT2D eigenvalue weighted by atomic mass is 32.1. The van der Waals surface area contributed by atoms with Crippen LogP contribution in [0.2, 0.25) is 0 Å². The number of hydrogen-bond acceptors (Lipinski definition) is 7. The van der Waals surface area contributed by atoms with Crippen LogP contribution < -0.4 is 11.1 Å². The Morgan fingerprint density at radius 1 is 1.25 bits per heavy atom. The first-order chi connectivity index (χ1) is 13.7. The van der Waals surface area contributed by atoms with Crippen LogP contribution in [0.4, 0.5) is 5.82 Å². The topological polar surface area (TPSA) is 102 Å². The maximum absolute atomic E-state index is 9.31. The average molecular weight is 392 g/mol. The second-order valence-electron chi connectivity index (χ2n) is 7.03. The largest absolute Gasteiger partial charge is 0.395 e. The van der Waals surface area contributed by atoms with E-state index >= 15 is 0 Å². The molecule has 7 nitrogen and oxygen atoms in total. The van der Waals surface area contributed by atoms with Crippen LogP contribution in [-0.2, 0) is 0 Å². The van der Waals surface area contributed by atoms with Gasteiger partial charge in [0.1, 0.15) is 10.8 Å². The number of fused-ring (bicyclic) bond motifs is 1. The molecule has 4 N–H and O–H groups in total. The summed E-state index contributed by atoms with van der Waals surface area (Å²) in [4.78, 5) is 9.11. The Kier molecular flexibility index (Phi) is 4.31. The molecule has 1 saturated heterocycles. The number of nitrogens with zero attached hydrogens (tertiary/aromatic N) is 4. The molecule has 1 unspecified atom stereocenters. The molecule has 8 heteroatoms. The van der Waals surface area contributed by atoms with Crippen molar-refractivity contribution in [2.24, 2.45) is 0 Å². The monoisotopic (exact) mass is 392 g/mol. The number of nitrogens with one attached hydrogen (secondary N) is 1. The molecular weight excluding hydrogens is 372 g/mol. The van der Waals surface area contributed by atoms with Gasteiger partial charge in [0.2, 0.25) is 0 Å². The zero-order valence-corrected chi connectivity index (χ0v) is 15.9. The van der Waals surface area contributed by atoms with Gasteiger partial charge in [-0.3, -0.25) is 4.68 Å². The van der Waals surface area contributed by atoms with Crippen molar-refractivity contribution in [2.45, 2.75) is 18.5 Å². The molecule has 0 bridgehead atoms. The van der Waals surface area contributed by atoms with Crippen LogP contribution in [0.1, 0.15) is 12.5 Å². The van der Waals surface area contributed by atoms with E-state index in [9.17, 15) is 5.11 Å². The predicted octanol–water partition coefficient (Wildman–Crippen LogP) is 2.70. The highest BCUT2D eigenvalue weighted by molar-refractivity contribution is 7.21. The number of aromatic nitrogens is 4. The number of benzene rings is 1. The van der Waals surface area contributed by atoms with E-state index in [2.05, 4.69) is 21.5 Å². The third kappa shape index (κ3) is 3.05. The number of anilines is 1. The lowest BCUT2D eigenvalue weighted by molar-refractivity contribution is 0.252. The molecule has 2 atom stereocenters. The minimum Gasteiger partial charge on any atom is -0.395 e. The van der Waals surface area contributed by atoms with Gasteiger partial charge in [-0.2, -0.15) is 5.10 Å². The molecular formula is C20H20N6OS. The smallest absolute Gasteiger partial charge is 0.133 e. The summed E-state index contributed by atoms with van der Waals surface area (Å²) in [5, 5.41) is 18.0. The van der Waals surface area contributed by atoms with E-state index in [0.717, 1.165) is 44.9 Å². The van der Waals surface area contributed by atoms with Gasteiger partial charge in [-0.05, 0) is 24.6 Å². The Morgan fingerprint density at radius 3 is 2.96 bits per heavy atom. The van der Waals surface area contributed by atoms with E-state index in [4.69, 9.17) is 10.7 Å². The van der Waals surface area contributed by atoms with Crippen molar-refractivity contribution >= 4 is 27.4 Å². The molecule has 0 saturated carbocycles. The molecule has 1 aliphatic rings. The minimum absolute atomic E-state index is 0.140. The Labute approximate surface area is 165 Å². The molecule has 142 valence electrons. The molecule has 0 aliphatic carbocycles. The lowest BCUT2D eigenvalue weighted by Crippen LogP contribution is -2.24. The second kappa shape index (κ2) is 6.97. The number of nitrogens with two attached hydrogens (primary N) is 1. The number of aliphatic hydroxyl groups is 1. The summed E-state index contributed by atoms with van der Waals surface area (Å²) in [7, 11) is 0. The van der Waals surface area contributed by atoms with Gasteiger partial charge in [-0.25, -0.2) is 9.97 Å². The van der Waals surface area contributed by atoms with E-state index in [1.807, 2.05) is 41.3 Å². The van der Waals surface area contributed by atoms with Crippen molar-refractivity contribution in [3.05, 3.63) is 48.9 Å². The van der Waals surface area contributed by atoms with Gasteiger partial charge in [0, 0.05) is 36.1 Å². The Morgan fingerprint density at radius 2 is 2.14 bits per heavy atom. The third-order valence-corrected chi connectivity index (χ3v) is 6.24. The van der Waals surface area contributed by atoms with Crippen molar-refractivity contribution in [3.8, 4) is 21.7 Å². The molecule has 1 aromatic carbocycles.